The van der Waals surface area contributed by atoms with Crippen molar-refractivity contribution in [1.29, 1.82) is 0 Å². The molecule has 0 aliphatic rings. The molecule has 3 aromatic rings. The van der Waals surface area contributed by atoms with Gasteiger partial charge in [0.05, 0.1) is 0 Å². The fraction of sp³-hybridized carbons (Fsp3) is 0.0526. The molecule has 0 aliphatic carbocycles. The van der Waals surface area contributed by atoms with E-state index in [0.29, 0.717) is 17.3 Å². The Morgan fingerprint density at radius 1 is 1.04 bits per heavy atom. The minimum absolute atomic E-state index is 0.0359. The minimum atomic E-state index is -0.852. The van der Waals surface area contributed by atoms with Crippen molar-refractivity contribution in [1.82, 2.24) is 4.98 Å². The largest absolute Gasteiger partial charge is 0.381 e. The summed E-state index contributed by atoms with van der Waals surface area (Å²) in [6, 6.07) is 13.9. The van der Waals surface area contributed by atoms with Crippen molar-refractivity contribution in [2.45, 2.75) is 6.54 Å². The molecule has 26 heavy (non-hydrogen) atoms. The van der Waals surface area contributed by atoms with Gasteiger partial charge in [-0.3, -0.25) is 9.78 Å². The van der Waals surface area contributed by atoms with E-state index >= 15 is 0 Å². The van der Waals surface area contributed by atoms with Crippen LogP contribution in [0.15, 0.2) is 60.8 Å². The molecular weight excluding hydrogens is 360 g/mol. The number of anilines is 2. The van der Waals surface area contributed by atoms with Gasteiger partial charge in [-0.1, -0.05) is 29.8 Å². The second-order valence-corrected chi connectivity index (χ2v) is 5.90. The summed E-state index contributed by atoms with van der Waals surface area (Å²) in [4.78, 5) is 16.2. The zero-order valence-corrected chi connectivity index (χ0v) is 14.2. The van der Waals surface area contributed by atoms with Crippen LogP contribution < -0.4 is 10.6 Å². The van der Waals surface area contributed by atoms with Gasteiger partial charge in [0.2, 0.25) is 0 Å². The molecule has 7 heteroatoms. The quantitative estimate of drug-likeness (QED) is 0.670. The Bertz CT molecular complexity index is 912. The predicted octanol–water partition coefficient (Wildman–Crippen LogP) is 4.88. The first-order chi connectivity index (χ1) is 12.5. The van der Waals surface area contributed by atoms with Crippen LogP contribution in [-0.4, -0.2) is 10.9 Å². The summed E-state index contributed by atoms with van der Waals surface area (Å²) in [6.45, 7) is 0.518. The number of pyridine rings is 1. The molecule has 1 heterocycles. The van der Waals surface area contributed by atoms with Crippen molar-refractivity contribution in [2.75, 3.05) is 10.6 Å². The van der Waals surface area contributed by atoms with Crippen LogP contribution in [0.2, 0.25) is 5.02 Å². The van der Waals surface area contributed by atoms with E-state index < -0.39 is 23.2 Å². The number of carbonyl (C=O) groups excluding carboxylic acids is 1. The Morgan fingerprint density at radius 3 is 2.42 bits per heavy atom. The monoisotopic (exact) mass is 373 g/mol. The van der Waals surface area contributed by atoms with E-state index in [1.165, 1.54) is 18.3 Å². The molecule has 0 radical (unpaired) electrons. The summed E-state index contributed by atoms with van der Waals surface area (Å²) < 4.78 is 27.3. The molecule has 1 amide bonds. The Hall–Kier alpha value is -2.99. The van der Waals surface area contributed by atoms with Gasteiger partial charge < -0.3 is 10.6 Å². The van der Waals surface area contributed by atoms with Gasteiger partial charge >= 0.3 is 0 Å². The highest BCUT2D eigenvalue weighted by Gasteiger charge is 2.14. The Labute approximate surface area is 153 Å². The Morgan fingerprint density at radius 2 is 1.73 bits per heavy atom. The number of para-hydroxylation sites is 1. The fourth-order valence-electron chi connectivity index (χ4n) is 2.27. The molecule has 0 saturated carbocycles. The van der Waals surface area contributed by atoms with Gasteiger partial charge in [0.25, 0.3) is 5.91 Å². The number of hydrogen-bond acceptors (Lipinski definition) is 3. The third-order valence-corrected chi connectivity index (χ3v) is 3.86. The summed E-state index contributed by atoms with van der Waals surface area (Å²) in [6.07, 6.45) is 1.44. The number of halogens is 3. The molecule has 0 unspecified atom stereocenters. The van der Waals surface area contributed by atoms with Crippen LogP contribution >= 0.6 is 11.6 Å². The molecule has 132 valence electrons. The van der Waals surface area contributed by atoms with Crippen molar-refractivity contribution in [2.24, 2.45) is 0 Å². The first kappa shape index (κ1) is 17.8. The van der Waals surface area contributed by atoms with Crippen molar-refractivity contribution in [3.05, 3.63) is 88.7 Å². The lowest BCUT2D eigenvalue weighted by atomic mass is 10.2. The lowest BCUT2D eigenvalue weighted by Crippen LogP contribution is -2.16. The molecule has 0 bridgehead atoms. The van der Waals surface area contributed by atoms with E-state index in [9.17, 15) is 13.6 Å². The standard InChI is InChI=1S/C19H14ClF2N3O/c20-13-6-4-12(5-7-13)11-24-14-8-9-23-17(10-14)19(26)25-18-15(21)2-1-3-16(18)22/h1-10H,11H2,(H,23,24)(H,25,26). The highest BCUT2D eigenvalue weighted by Crippen LogP contribution is 2.19. The molecule has 0 spiro atoms. The van der Waals surface area contributed by atoms with E-state index in [0.717, 1.165) is 17.7 Å². The van der Waals surface area contributed by atoms with Gasteiger partial charge in [0, 0.05) is 23.5 Å². The first-order valence-corrected chi connectivity index (χ1v) is 8.10. The summed E-state index contributed by atoms with van der Waals surface area (Å²) in [7, 11) is 0. The van der Waals surface area contributed by atoms with Gasteiger partial charge in [-0.2, -0.15) is 0 Å². The average molecular weight is 374 g/mol. The maximum atomic E-state index is 13.6. The highest BCUT2D eigenvalue weighted by molar-refractivity contribution is 6.30. The van der Waals surface area contributed by atoms with E-state index in [1.54, 1.807) is 18.2 Å². The SMILES string of the molecule is O=C(Nc1c(F)cccc1F)c1cc(NCc2ccc(Cl)cc2)ccn1. The van der Waals surface area contributed by atoms with Gasteiger partial charge in [0.1, 0.15) is 23.0 Å². The Kier molecular flexibility index (Phi) is 5.43. The summed E-state index contributed by atoms with van der Waals surface area (Å²) in [5.41, 5.74) is 1.19. The van der Waals surface area contributed by atoms with Gasteiger partial charge in [0.15, 0.2) is 0 Å². The minimum Gasteiger partial charge on any atom is -0.381 e. The highest BCUT2D eigenvalue weighted by atomic mass is 35.5. The maximum Gasteiger partial charge on any atom is 0.274 e. The molecule has 2 aromatic carbocycles. The van der Waals surface area contributed by atoms with Crippen molar-refractivity contribution in [3.63, 3.8) is 0 Å². The maximum absolute atomic E-state index is 13.6. The van der Waals surface area contributed by atoms with Crippen molar-refractivity contribution < 1.29 is 13.6 Å². The number of nitrogens with one attached hydrogen (secondary N) is 2. The second kappa shape index (κ2) is 7.93. The molecule has 2 N–H and O–H groups in total. The van der Waals surface area contributed by atoms with Crippen LogP contribution in [-0.2, 0) is 6.54 Å². The normalized spacial score (nSPS) is 10.4. The summed E-state index contributed by atoms with van der Waals surface area (Å²) >= 11 is 5.85. The fourth-order valence-corrected chi connectivity index (χ4v) is 2.39. The molecular formula is C19H14ClF2N3O. The number of aromatic nitrogens is 1. The molecule has 0 fully saturated rings. The third-order valence-electron chi connectivity index (χ3n) is 3.60. The first-order valence-electron chi connectivity index (χ1n) is 7.72. The van der Waals surface area contributed by atoms with Crippen LogP contribution in [0.1, 0.15) is 16.1 Å². The average Bonchev–Trinajstić information content (AvgIpc) is 2.64. The zero-order valence-electron chi connectivity index (χ0n) is 13.5. The number of amides is 1. The number of nitrogens with zero attached hydrogens (tertiary/aromatic N) is 1. The van der Waals surface area contributed by atoms with Crippen LogP contribution in [0.5, 0.6) is 0 Å². The lowest BCUT2D eigenvalue weighted by Gasteiger charge is -2.09. The molecule has 1 aromatic heterocycles. The van der Waals surface area contributed by atoms with Crippen LogP contribution in [0.3, 0.4) is 0 Å². The van der Waals surface area contributed by atoms with Crippen molar-refractivity contribution in [3.8, 4) is 0 Å². The number of rotatable bonds is 5. The van der Waals surface area contributed by atoms with Crippen LogP contribution in [0, 0.1) is 11.6 Å². The zero-order chi connectivity index (χ0) is 18.5. The lowest BCUT2D eigenvalue weighted by molar-refractivity contribution is 0.102. The molecule has 0 saturated heterocycles. The van der Waals surface area contributed by atoms with E-state index in [1.807, 2.05) is 12.1 Å². The van der Waals surface area contributed by atoms with Crippen molar-refractivity contribution >= 4 is 28.9 Å². The smallest absolute Gasteiger partial charge is 0.274 e. The van der Waals surface area contributed by atoms with E-state index in [4.69, 9.17) is 11.6 Å². The molecule has 0 aliphatic heterocycles. The van der Waals surface area contributed by atoms with Crippen LogP contribution in [0.4, 0.5) is 20.2 Å². The van der Waals surface area contributed by atoms with E-state index in [2.05, 4.69) is 15.6 Å². The molecule has 4 nitrogen and oxygen atoms in total. The van der Waals surface area contributed by atoms with Gasteiger partial charge in [-0.05, 0) is 42.0 Å². The number of carbonyl (C=O) groups is 1. The summed E-state index contributed by atoms with van der Waals surface area (Å²) in [5.74, 6) is -2.41. The molecule has 0 atom stereocenters. The van der Waals surface area contributed by atoms with Crippen LogP contribution in [0.25, 0.3) is 0 Å². The topological polar surface area (TPSA) is 54.0 Å². The predicted molar refractivity (Wildman–Crippen MR) is 97.3 cm³/mol. The van der Waals surface area contributed by atoms with E-state index in [-0.39, 0.29) is 5.69 Å². The number of hydrogen-bond donors (Lipinski definition) is 2. The Balaban J connectivity index is 1.70. The van der Waals surface area contributed by atoms with Gasteiger partial charge in [-0.15, -0.1) is 0 Å². The second-order valence-electron chi connectivity index (χ2n) is 5.46. The molecule has 3 rings (SSSR count). The number of benzene rings is 2. The third kappa shape index (κ3) is 4.34. The summed E-state index contributed by atoms with van der Waals surface area (Å²) in [5, 5.41) is 6.01. The van der Waals surface area contributed by atoms with Gasteiger partial charge in [-0.25, -0.2) is 8.78 Å².